The Morgan fingerprint density at radius 2 is 2.21 bits per heavy atom. The molecule has 0 bridgehead atoms. The summed E-state index contributed by atoms with van der Waals surface area (Å²) in [5.41, 5.74) is 2.18. The lowest BCUT2D eigenvalue weighted by Gasteiger charge is -2.18. The Morgan fingerprint density at radius 3 is 3.04 bits per heavy atom. The molecule has 0 amide bonds. The van der Waals surface area contributed by atoms with Gasteiger partial charge < -0.3 is 4.74 Å². The molecule has 1 aromatic carbocycles. The lowest BCUT2D eigenvalue weighted by atomic mass is 9.89. The molecule has 146 valence electrons. The number of fused-ring (bicyclic) bond motifs is 3. The van der Waals surface area contributed by atoms with Gasteiger partial charge >= 0.3 is 5.97 Å². The number of hydrogen-bond donors (Lipinski definition) is 0. The summed E-state index contributed by atoms with van der Waals surface area (Å²) in [5, 5.41) is 2.25. The molecule has 0 N–H and O–H groups in total. The third-order valence-corrected chi connectivity index (χ3v) is 7.61. The van der Waals surface area contributed by atoms with Crippen LogP contribution < -0.4 is 0 Å². The Labute approximate surface area is 177 Å². The number of benzene rings is 1. The molecule has 1 aliphatic rings. The van der Waals surface area contributed by atoms with Crippen molar-refractivity contribution < 1.29 is 9.53 Å². The van der Waals surface area contributed by atoms with Gasteiger partial charge in [0.25, 0.3) is 0 Å². The monoisotopic (exact) mass is 432 g/mol. The first-order valence-corrected chi connectivity index (χ1v) is 11.4. The van der Waals surface area contributed by atoms with Crippen molar-refractivity contribution in [2.45, 2.75) is 50.0 Å². The number of ether oxygens (including phenoxy) is 1. The lowest BCUT2D eigenvalue weighted by molar-refractivity contribution is -0.143. The number of aromatic nitrogens is 2. The molecule has 0 spiro atoms. The van der Waals surface area contributed by atoms with E-state index in [-0.39, 0.29) is 17.8 Å². The standard InChI is InChI=1S/C21H21ClN2O2S2/c1-12-7-8-15-17(9-12)28-20-18(15)19(23-11-24-20)27-13(2)21(25)26-10-14-5-3-4-6-16(14)22/h3-6,11-13H,7-10H2,1-2H3/t12-,13-/m1/s1. The highest BCUT2D eigenvalue weighted by Gasteiger charge is 2.25. The summed E-state index contributed by atoms with van der Waals surface area (Å²) in [6.45, 7) is 4.33. The number of carbonyl (C=O) groups excluding carboxylic acids is 1. The predicted molar refractivity (Wildman–Crippen MR) is 115 cm³/mol. The highest BCUT2D eigenvalue weighted by atomic mass is 35.5. The fourth-order valence-corrected chi connectivity index (χ4v) is 5.98. The molecule has 1 aliphatic carbocycles. The van der Waals surface area contributed by atoms with E-state index in [1.54, 1.807) is 23.7 Å². The second-order valence-corrected chi connectivity index (χ2v) is 9.99. The molecule has 0 radical (unpaired) electrons. The van der Waals surface area contributed by atoms with Crippen LogP contribution in [-0.2, 0) is 29.0 Å². The van der Waals surface area contributed by atoms with Crippen molar-refractivity contribution in [2.24, 2.45) is 5.92 Å². The zero-order valence-corrected chi connectivity index (χ0v) is 18.2. The van der Waals surface area contributed by atoms with Gasteiger partial charge in [-0.2, -0.15) is 0 Å². The summed E-state index contributed by atoms with van der Waals surface area (Å²) >= 11 is 9.35. The minimum absolute atomic E-state index is 0.175. The molecule has 3 aromatic rings. The van der Waals surface area contributed by atoms with Gasteiger partial charge in [0.15, 0.2) is 0 Å². The Bertz CT molecular complexity index is 1020. The van der Waals surface area contributed by atoms with Crippen molar-refractivity contribution in [3.05, 3.63) is 51.6 Å². The molecule has 0 saturated heterocycles. The van der Waals surface area contributed by atoms with E-state index in [1.807, 2.05) is 25.1 Å². The van der Waals surface area contributed by atoms with Gasteiger partial charge in [-0.1, -0.05) is 48.5 Å². The Kier molecular flexibility index (Phi) is 5.90. The third-order valence-electron chi connectivity index (χ3n) is 5.01. The highest BCUT2D eigenvalue weighted by molar-refractivity contribution is 8.00. The summed E-state index contributed by atoms with van der Waals surface area (Å²) in [6.07, 6.45) is 4.95. The minimum atomic E-state index is -0.362. The average molecular weight is 433 g/mol. The van der Waals surface area contributed by atoms with Crippen molar-refractivity contribution >= 4 is 50.9 Å². The summed E-state index contributed by atoms with van der Waals surface area (Å²) in [6, 6.07) is 7.39. The van der Waals surface area contributed by atoms with Crippen LogP contribution in [0.3, 0.4) is 0 Å². The van der Waals surface area contributed by atoms with Gasteiger partial charge in [0.05, 0.1) is 0 Å². The van der Waals surface area contributed by atoms with Crippen molar-refractivity contribution in [1.82, 2.24) is 9.97 Å². The maximum absolute atomic E-state index is 12.5. The number of halogens is 1. The molecule has 4 nitrogen and oxygen atoms in total. The fraction of sp³-hybridized carbons (Fsp3) is 0.381. The zero-order valence-electron chi connectivity index (χ0n) is 15.8. The van der Waals surface area contributed by atoms with Crippen molar-refractivity contribution in [3.63, 3.8) is 0 Å². The van der Waals surface area contributed by atoms with Gasteiger partial charge in [-0.05, 0) is 43.7 Å². The maximum atomic E-state index is 12.5. The fourth-order valence-electron chi connectivity index (χ4n) is 3.43. The SMILES string of the molecule is C[C@@H]1CCc2c(sc3ncnc(S[C@H](C)C(=O)OCc4ccccc4Cl)c23)C1. The first-order valence-electron chi connectivity index (χ1n) is 9.35. The molecule has 7 heteroatoms. The van der Waals surface area contributed by atoms with Gasteiger partial charge in [-0.3, -0.25) is 4.79 Å². The Hall–Kier alpha value is -1.63. The van der Waals surface area contributed by atoms with Crippen molar-refractivity contribution in [1.29, 1.82) is 0 Å². The van der Waals surface area contributed by atoms with Crippen LogP contribution in [0.1, 0.15) is 36.3 Å². The molecular weight excluding hydrogens is 412 g/mol. The molecular formula is C21H21ClN2O2S2. The normalized spacial score (nSPS) is 17.3. The van der Waals surface area contributed by atoms with Crippen LogP contribution in [0.5, 0.6) is 0 Å². The van der Waals surface area contributed by atoms with Crippen LogP contribution in [0.4, 0.5) is 0 Å². The van der Waals surface area contributed by atoms with Crippen LogP contribution in [0.2, 0.25) is 5.02 Å². The largest absolute Gasteiger partial charge is 0.460 e. The number of esters is 1. The zero-order chi connectivity index (χ0) is 19.7. The van der Waals surface area contributed by atoms with E-state index < -0.39 is 0 Å². The quantitative estimate of drug-likeness (QED) is 0.294. The minimum Gasteiger partial charge on any atom is -0.460 e. The van der Waals surface area contributed by atoms with E-state index in [0.29, 0.717) is 10.9 Å². The second-order valence-electron chi connectivity index (χ2n) is 7.17. The van der Waals surface area contributed by atoms with Gasteiger partial charge in [0.2, 0.25) is 0 Å². The number of thiophene rings is 1. The van der Waals surface area contributed by atoms with Gasteiger partial charge in [-0.25, -0.2) is 9.97 Å². The van der Waals surface area contributed by atoms with Gasteiger partial charge in [0.1, 0.15) is 28.0 Å². The topological polar surface area (TPSA) is 52.1 Å². The van der Waals surface area contributed by atoms with Crippen LogP contribution in [-0.4, -0.2) is 21.2 Å². The number of nitrogens with zero attached hydrogens (tertiary/aromatic N) is 2. The molecule has 2 atom stereocenters. The molecule has 0 unspecified atom stereocenters. The van der Waals surface area contributed by atoms with Gasteiger partial charge in [0, 0.05) is 20.8 Å². The van der Waals surface area contributed by atoms with Crippen molar-refractivity contribution in [2.75, 3.05) is 0 Å². The number of carbonyl (C=O) groups is 1. The molecule has 0 saturated carbocycles. The lowest BCUT2D eigenvalue weighted by Crippen LogP contribution is -2.17. The van der Waals surface area contributed by atoms with E-state index in [2.05, 4.69) is 16.9 Å². The predicted octanol–water partition coefficient (Wildman–Crippen LogP) is 5.69. The van der Waals surface area contributed by atoms with E-state index in [4.69, 9.17) is 16.3 Å². The summed E-state index contributed by atoms with van der Waals surface area (Å²) < 4.78 is 5.48. The van der Waals surface area contributed by atoms with E-state index >= 15 is 0 Å². The van der Waals surface area contributed by atoms with Crippen LogP contribution in [0.25, 0.3) is 10.2 Å². The molecule has 4 rings (SSSR count). The number of aryl methyl sites for hydroxylation is 1. The van der Waals surface area contributed by atoms with E-state index in [0.717, 1.165) is 33.6 Å². The molecule has 0 fully saturated rings. The van der Waals surface area contributed by atoms with Gasteiger partial charge in [-0.15, -0.1) is 11.3 Å². The first kappa shape index (κ1) is 19.7. The number of rotatable bonds is 5. The highest BCUT2D eigenvalue weighted by Crippen LogP contribution is 2.41. The van der Waals surface area contributed by atoms with Crippen LogP contribution >= 0.6 is 34.7 Å². The summed E-state index contributed by atoms with van der Waals surface area (Å²) in [4.78, 5) is 23.9. The average Bonchev–Trinajstić information content (AvgIpc) is 3.05. The van der Waals surface area contributed by atoms with Crippen molar-refractivity contribution in [3.8, 4) is 0 Å². The molecule has 28 heavy (non-hydrogen) atoms. The Morgan fingerprint density at radius 1 is 1.39 bits per heavy atom. The molecule has 2 aromatic heterocycles. The number of hydrogen-bond acceptors (Lipinski definition) is 6. The summed E-state index contributed by atoms with van der Waals surface area (Å²) in [7, 11) is 0. The maximum Gasteiger partial charge on any atom is 0.319 e. The molecule has 0 aliphatic heterocycles. The van der Waals surface area contributed by atoms with E-state index in [1.165, 1.54) is 28.6 Å². The van der Waals surface area contributed by atoms with Crippen LogP contribution in [0, 0.1) is 5.92 Å². The summed E-state index contributed by atoms with van der Waals surface area (Å²) in [5.74, 6) is 0.442. The van der Waals surface area contributed by atoms with E-state index in [9.17, 15) is 4.79 Å². The third kappa shape index (κ3) is 4.04. The Balaban J connectivity index is 1.50. The second kappa shape index (κ2) is 8.39. The molecule has 2 heterocycles. The first-order chi connectivity index (χ1) is 13.5. The number of thioether (sulfide) groups is 1. The van der Waals surface area contributed by atoms with Crippen LogP contribution in [0.15, 0.2) is 35.6 Å². The smallest absolute Gasteiger partial charge is 0.319 e.